The highest BCUT2D eigenvalue weighted by atomic mass is 16.3. The molecule has 3 nitrogen and oxygen atoms in total. The molecule has 0 spiro atoms. The minimum Gasteiger partial charge on any atom is -0.396 e. The van der Waals surface area contributed by atoms with Crippen LogP contribution in [-0.4, -0.2) is 35.6 Å². The Labute approximate surface area is 140 Å². The van der Waals surface area contributed by atoms with E-state index < -0.39 is 0 Å². The number of carbonyl (C=O) groups is 1. The van der Waals surface area contributed by atoms with Gasteiger partial charge in [0.1, 0.15) is 0 Å². The standard InChI is InChI=1S/C20H31NO2/c1-19-10-8-16-14(15(19)6-4-13(19)12-22)5-7-17-20(16,2)11-9-18(23)21(17)3/h9,11,13-17,22H,4-8,10,12H2,1-3H3/t13-,14?,15+,16?,17-,19-,20-/m1/s1. The van der Waals surface area contributed by atoms with Gasteiger partial charge in [0.25, 0.3) is 0 Å². The van der Waals surface area contributed by atoms with E-state index in [4.69, 9.17) is 0 Å². The zero-order chi connectivity index (χ0) is 16.4. The van der Waals surface area contributed by atoms with Crippen LogP contribution in [0.2, 0.25) is 0 Å². The van der Waals surface area contributed by atoms with Crippen molar-refractivity contribution < 1.29 is 9.90 Å². The first kappa shape index (κ1) is 15.7. The number of nitrogens with zero attached hydrogens (tertiary/aromatic N) is 1. The summed E-state index contributed by atoms with van der Waals surface area (Å²) in [5.41, 5.74) is 0.490. The minimum absolute atomic E-state index is 0.143. The summed E-state index contributed by atoms with van der Waals surface area (Å²) in [7, 11) is 1.99. The predicted molar refractivity (Wildman–Crippen MR) is 90.7 cm³/mol. The van der Waals surface area contributed by atoms with Crippen molar-refractivity contribution in [2.24, 2.45) is 34.5 Å². The van der Waals surface area contributed by atoms with Gasteiger partial charge in [0.15, 0.2) is 0 Å². The van der Waals surface area contributed by atoms with Crippen molar-refractivity contribution in [3.8, 4) is 0 Å². The summed E-state index contributed by atoms with van der Waals surface area (Å²) < 4.78 is 0. The van der Waals surface area contributed by atoms with Crippen LogP contribution in [-0.2, 0) is 4.79 Å². The molecule has 1 heterocycles. The predicted octanol–water partition coefficient (Wildman–Crippen LogP) is 3.23. The first-order valence-electron chi connectivity index (χ1n) is 9.48. The molecule has 3 saturated carbocycles. The van der Waals surface area contributed by atoms with Crippen LogP contribution in [0.3, 0.4) is 0 Å². The summed E-state index contributed by atoms with van der Waals surface area (Å²) in [5, 5.41) is 9.81. The third kappa shape index (κ3) is 1.95. The lowest BCUT2D eigenvalue weighted by molar-refractivity contribution is -0.139. The Morgan fingerprint density at radius 1 is 1.17 bits per heavy atom. The van der Waals surface area contributed by atoms with Gasteiger partial charge in [-0.25, -0.2) is 0 Å². The first-order chi connectivity index (χ1) is 10.9. The highest BCUT2D eigenvalue weighted by Gasteiger charge is 2.60. The summed E-state index contributed by atoms with van der Waals surface area (Å²) in [6.07, 6.45) is 11.5. The summed E-state index contributed by atoms with van der Waals surface area (Å²) in [6, 6.07) is 0.376. The van der Waals surface area contributed by atoms with Gasteiger partial charge < -0.3 is 10.0 Å². The van der Waals surface area contributed by atoms with Crippen LogP contribution in [0, 0.1) is 34.5 Å². The quantitative estimate of drug-likeness (QED) is 0.806. The number of hydrogen-bond acceptors (Lipinski definition) is 2. The van der Waals surface area contributed by atoms with E-state index in [0.29, 0.717) is 29.9 Å². The monoisotopic (exact) mass is 317 g/mol. The van der Waals surface area contributed by atoms with Crippen LogP contribution in [0.4, 0.5) is 0 Å². The molecular weight excluding hydrogens is 286 g/mol. The zero-order valence-corrected chi connectivity index (χ0v) is 14.8. The second-order valence-corrected chi connectivity index (χ2v) is 9.12. The molecule has 4 rings (SSSR count). The number of fused-ring (bicyclic) bond motifs is 5. The lowest BCUT2D eigenvalue weighted by Gasteiger charge is -2.60. The molecule has 3 fully saturated rings. The molecule has 0 bridgehead atoms. The molecule has 0 aromatic carbocycles. The number of amides is 1. The number of likely N-dealkylation sites (N-methyl/N-ethyl adjacent to an activating group) is 1. The number of carbonyl (C=O) groups excluding carboxylic acids is 1. The molecule has 128 valence electrons. The van der Waals surface area contributed by atoms with E-state index in [-0.39, 0.29) is 11.3 Å². The van der Waals surface area contributed by atoms with E-state index in [2.05, 4.69) is 19.9 Å². The SMILES string of the molecule is CN1C(=O)C=C[C@]2(C)C3CC[C@]4(C)[C@@H](CO)CC[C@H]4C3CC[C@@H]12. The van der Waals surface area contributed by atoms with E-state index >= 15 is 0 Å². The second-order valence-electron chi connectivity index (χ2n) is 9.12. The topological polar surface area (TPSA) is 40.5 Å². The molecule has 2 unspecified atom stereocenters. The maximum atomic E-state index is 12.1. The number of rotatable bonds is 1. The van der Waals surface area contributed by atoms with Crippen molar-refractivity contribution in [3.63, 3.8) is 0 Å². The second kappa shape index (κ2) is 5.08. The van der Waals surface area contributed by atoms with Gasteiger partial charge in [-0.15, -0.1) is 0 Å². The van der Waals surface area contributed by atoms with Crippen molar-refractivity contribution in [2.45, 2.75) is 58.4 Å². The molecule has 1 N–H and O–H groups in total. The van der Waals surface area contributed by atoms with E-state index in [1.807, 2.05) is 18.0 Å². The average Bonchev–Trinajstić information content (AvgIpc) is 2.88. The van der Waals surface area contributed by atoms with Gasteiger partial charge in [-0.2, -0.15) is 0 Å². The van der Waals surface area contributed by atoms with Crippen LogP contribution in [0.15, 0.2) is 12.2 Å². The summed E-state index contributed by atoms with van der Waals surface area (Å²) >= 11 is 0. The number of aliphatic hydroxyl groups excluding tert-OH is 1. The Balaban J connectivity index is 1.67. The third-order valence-corrected chi connectivity index (χ3v) is 8.54. The Morgan fingerprint density at radius 3 is 2.70 bits per heavy atom. The summed E-state index contributed by atoms with van der Waals surface area (Å²) in [6.45, 7) is 5.21. The Kier molecular flexibility index (Phi) is 3.46. The van der Waals surface area contributed by atoms with E-state index in [0.717, 1.165) is 18.3 Å². The fraction of sp³-hybridized carbons (Fsp3) is 0.850. The largest absolute Gasteiger partial charge is 0.396 e. The van der Waals surface area contributed by atoms with Gasteiger partial charge >= 0.3 is 0 Å². The molecular formula is C20H31NO2. The van der Waals surface area contributed by atoms with Gasteiger partial charge in [0.05, 0.1) is 0 Å². The van der Waals surface area contributed by atoms with Gasteiger partial charge in [-0.05, 0) is 73.7 Å². The van der Waals surface area contributed by atoms with Crippen LogP contribution in [0.5, 0.6) is 0 Å². The number of hydrogen-bond donors (Lipinski definition) is 1. The van der Waals surface area contributed by atoms with Gasteiger partial charge in [0.2, 0.25) is 5.91 Å². The zero-order valence-electron chi connectivity index (χ0n) is 14.8. The Morgan fingerprint density at radius 2 is 1.96 bits per heavy atom. The highest BCUT2D eigenvalue weighted by Crippen LogP contribution is 2.65. The lowest BCUT2D eigenvalue weighted by atomic mass is 9.48. The highest BCUT2D eigenvalue weighted by molar-refractivity contribution is 5.89. The molecule has 4 aliphatic rings. The van der Waals surface area contributed by atoms with Gasteiger partial charge in [0, 0.05) is 25.1 Å². The molecule has 3 heteroatoms. The van der Waals surface area contributed by atoms with E-state index in [1.165, 1.54) is 32.1 Å². The molecule has 0 radical (unpaired) electrons. The number of aliphatic hydroxyl groups is 1. The van der Waals surface area contributed by atoms with Crippen LogP contribution in [0.1, 0.15) is 52.4 Å². The van der Waals surface area contributed by atoms with Crippen molar-refractivity contribution in [2.75, 3.05) is 13.7 Å². The maximum absolute atomic E-state index is 12.1. The molecule has 3 aliphatic carbocycles. The third-order valence-electron chi connectivity index (χ3n) is 8.54. The van der Waals surface area contributed by atoms with Crippen LogP contribution >= 0.6 is 0 Å². The van der Waals surface area contributed by atoms with Crippen LogP contribution in [0.25, 0.3) is 0 Å². The Bertz CT molecular complexity index is 544. The van der Waals surface area contributed by atoms with Crippen molar-refractivity contribution in [3.05, 3.63) is 12.2 Å². The van der Waals surface area contributed by atoms with E-state index in [9.17, 15) is 9.90 Å². The molecule has 1 aliphatic heterocycles. The van der Waals surface area contributed by atoms with Crippen LogP contribution < -0.4 is 0 Å². The van der Waals surface area contributed by atoms with E-state index in [1.54, 1.807) is 0 Å². The smallest absolute Gasteiger partial charge is 0.246 e. The van der Waals surface area contributed by atoms with Crippen molar-refractivity contribution in [1.82, 2.24) is 4.90 Å². The molecule has 1 amide bonds. The van der Waals surface area contributed by atoms with Crippen molar-refractivity contribution in [1.29, 1.82) is 0 Å². The fourth-order valence-corrected chi connectivity index (χ4v) is 7.15. The molecule has 7 atom stereocenters. The lowest BCUT2D eigenvalue weighted by Crippen LogP contribution is -2.59. The van der Waals surface area contributed by atoms with Gasteiger partial charge in [-0.1, -0.05) is 19.9 Å². The molecule has 0 aromatic heterocycles. The summed E-state index contributed by atoms with van der Waals surface area (Å²) in [4.78, 5) is 14.1. The molecule has 23 heavy (non-hydrogen) atoms. The van der Waals surface area contributed by atoms with Gasteiger partial charge in [-0.3, -0.25) is 4.79 Å². The fourth-order valence-electron chi connectivity index (χ4n) is 7.15. The van der Waals surface area contributed by atoms with Crippen molar-refractivity contribution >= 4 is 5.91 Å². The minimum atomic E-state index is 0.143. The first-order valence-corrected chi connectivity index (χ1v) is 9.48. The normalized spacial score (nSPS) is 52.1. The molecule has 0 saturated heterocycles. The average molecular weight is 317 g/mol. The maximum Gasteiger partial charge on any atom is 0.246 e. The molecule has 0 aromatic rings. The summed E-state index contributed by atoms with van der Waals surface area (Å²) in [5.74, 6) is 2.92. The Hall–Kier alpha value is -0.830.